The Morgan fingerprint density at radius 1 is 1.03 bits per heavy atom. The lowest BCUT2D eigenvalue weighted by atomic mass is 9.83. The summed E-state index contributed by atoms with van der Waals surface area (Å²) in [6.45, 7) is 3.77. The van der Waals surface area contributed by atoms with Gasteiger partial charge in [-0.15, -0.1) is 0 Å². The number of hydrogen-bond donors (Lipinski definition) is 2. The van der Waals surface area contributed by atoms with Crippen molar-refractivity contribution in [3.8, 4) is 0 Å². The average molecular weight is 405 g/mol. The first kappa shape index (κ1) is 22.7. The van der Waals surface area contributed by atoms with Crippen LogP contribution in [0, 0.1) is 11.8 Å². The maximum atomic E-state index is 12.9. The highest BCUT2D eigenvalue weighted by atomic mass is 16.5. The molecular formula is C22H32N2O5. The number of methoxy groups -OCH3 is 1. The number of benzene rings is 1. The lowest BCUT2D eigenvalue weighted by molar-refractivity contribution is -0.147. The molecule has 0 heterocycles. The van der Waals surface area contributed by atoms with Gasteiger partial charge in [-0.2, -0.15) is 0 Å². The number of rotatable bonds is 8. The summed E-state index contributed by atoms with van der Waals surface area (Å²) >= 11 is 0. The standard InChI is InChI=1S/C22H32N2O5/c1-15(2)18(24-22(27)29-14-16-10-6-4-7-11-16)20(25)23-19(21(26)28-3)17-12-8-5-9-13-17/h4,6-7,10-11,15,17-19H,5,8-9,12-14H2,1-3H3,(H,23,25)(H,24,27)/t18-,19?/m0/s1. The third-order valence-electron chi connectivity index (χ3n) is 5.31. The van der Waals surface area contributed by atoms with Crippen molar-refractivity contribution in [1.82, 2.24) is 10.6 Å². The molecule has 1 fully saturated rings. The van der Waals surface area contributed by atoms with Gasteiger partial charge in [0.2, 0.25) is 5.91 Å². The molecule has 1 unspecified atom stereocenters. The summed E-state index contributed by atoms with van der Waals surface area (Å²) in [6.07, 6.45) is 4.28. The van der Waals surface area contributed by atoms with Gasteiger partial charge in [-0.05, 0) is 30.2 Å². The first-order chi connectivity index (χ1) is 13.9. The Morgan fingerprint density at radius 2 is 1.69 bits per heavy atom. The van der Waals surface area contributed by atoms with E-state index in [4.69, 9.17) is 9.47 Å². The number of carbonyl (C=O) groups is 3. The van der Waals surface area contributed by atoms with Gasteiger partial charge in [0.15, 0.2) is 0 Å². The number of amides is 2. The van der Waals surface area contributed by atoms with Crippen LogP contribution in [0.1, 0.15) is 51.5 Å². The molecule has 1 aromatic rings. The molecule has 0 aliphatic heterocycles. The fourth-order valence-corrected chi connectivity index (χ4v) is 3.63. The quantitative estimate of drug-likeness (QED) is 0.649. The number of hydrogen-bond acceptors (Lipinski definition) is 5. The Balaban J connectivity index is 1.97. The first-order valence-corrected chi connectivity index (χ1v) is 10.3. The molecule has 0 aromatic heterocycles. The van der Waals surface area contributed by atoms with E-state index in [1.165, 1.54) is 7.11 Å². The van der Waals surface area contributed by atoms with Gasteiger partial charge in [0, 0.05) is 0 Å². The van der Waals surface area contributed by atoms with E-state index in [0.29, 0.717) is 0 Å². The van der Waals surface area contributed by atoms with E-state index in [0.717, 1.165) is 37.7 Å². The zero-order chi connectivity index (χ0) is 21.2. The van der Waals surface area contributed by atoms with Gasteiger partial charge < -0.3 is 20.1 Å². The van der Waals surface area contributed by atoms with E-state index in [-0.39, 0.29) is 18.4 Å². The Hall–Kier alpha value is -2.57. The maximum Gasteiger partial charge on any atom is 0.408 e. The maximum absolute atomic E-state index is 12.9. The first-order valence-electron chi connectivity index (χ1n) is 10.3. The third kappa shape index (κ3) is 7.07. The normalized spacial score (nSPS) is 16.6. The van der Waals surface area contributed by atoms with Crippen LogP contribution >= 0.6 is 0 Å². The molecule has 0 bridgehead atoms. The van der Waals surface area contributed by atoms with Crippen molar-refractivity contribution in [3.05, 3.63) is 35.9 Å². The van der Waals surface area contributed by atoms with E-state index < -0.39 is 30.1 Å². The molecule has 2 amide bonds. The monoisotopic (exact) mass is 404 g/mol. The van der Waals surface area contributed by atoms with Crippen LogP contribution < -0.4 is 10.6 Å². The van der Waals surface area contributed by atoms with Gasteiger partial charge in [0.25, 0.3) is 0 Å². The number of carbonyl (C=O) groups excluding carboxylic acids is 3. The highest BCUT2D eigenvalue weighted by Gasteiger charge is 2.34. The Labute approximate surface area is 172 Å². The SMILES string of the molecule is COC(=O)C(NC(=O)[C@@H](NC(=O)OCc1ccccc1)C(C)C)C1CCCCC1. The summed E-state index contributed by atoms with van der Waals surface area (Å²) in [5, 5.41) is 5.44. The molecular weight excluding hydrogens is 372 g/mol. The predicted octanol–water partition coefficient (Wildman–Crippen LogP) is 3.18. The second kappa shape index (κ2) is 11.4. The van der Waals surface area contributed by atoms with Crippen molar-refractivity contribution in [2.75, 3.05) is 7.11 Å². The van der Waals surface area contributed by atoms with Crippen LogP contribution in [-0.2, 0) is 25.7 Å². The minimum absolute atomic E-state index is 0.0537. The fourth-order valence-electron chi connectivity index (χ4n) is 3.63. The molecule has 0 radical (unpaired) electrons. The van der Waals surface area contributed by atoms with Crippen molar-refractivity contribution in [3.63, 3.8) is 0 Å². The van der Waals surface area contributed by atoms with E-state index >= 15 is 0 Å². The number of esters is 1. The zero-order valence-electron chi connectivity index (χ0n) is 17.5. The third-order valence-corrected chi connectivity index (χ3v) is 5.31. The van der Waals surface area contributed by atoms with Gasteiger partial charge in [0.05, 0.1) is 7.11 Å². The molecule has 1 aliphatic rings. The molecule has 29 heavy (non-hydrogen) atoms. The molecule has 2 atom stereocenters. The highest BCUT2D eigenvalue weighted by Crippen LogP contribution is 2.27. The number of alkyl carbamates (subject to hydrolysis) is 1. The summed E-state index contributed by atoms with van der Waals surface area (Å²) in [5.74, 6) is -0.973. The van der Waals surface area contributed by atoms with Crippen LogP contribution in [0.2, 0.25) is 0 Å². The zero-order valence-corrected chi connectivity index (χ0v) is 17.5. The number of ether oxygens (including phenoxy) is 2. The number of nitrogens with one attached hydrogen (secondary N) is 2. The average Bonchev–Trinajstić information content (AvgIpc) is 2.74. The Morgan fingerprint density at radius 3 is 2.28 bits per heavy atom. The topological polar surface area (TPSA) is 93.7 Å². The van der Waals surface area contributed by atoms with Gasteiger partial charge in [0.1, 0.15) is 18.7 Å². The summed E-state index contributed by atoms with van der Waals surface area (Å²) < 4.78 is 10.1. The van der Waals surface area contributed by atoms with Gasteiger partial charge >= 0.3 is 12.1 Å². The molecule has 1 saturated carbocycles. The second-order valence-electron chi connectivity index (χ2n) is 7.84. The van der Waals surface area contributed by atoms with E-state index in [1.54, 1.807) is 0 Å². The largest absolute Gasteiger partial charge is 0.467 e. The van der Waals surface area contributed by atoms with Crippen LogP contribution in [0.5, 0.6) is 0 Å². The molecule has 7 heteroatoms. The molecule has 0 saturated heterocycles. The molecule has 1 aliphatic carbocycles. The molecule has 1 aromatic carbocycles. The summed E-state index contributed by atoms with van der Waals surface area (Å²) in [7, 11) is 1.32. The Bertz CT molecular complexity index is 671. The van der Waals surface area contributed by atoms with Crippen molar-refractivity contribution < 1.29 is 23.9 Å². The molecule has 0 spiro atoms. The lowest BCUT2D eigenvalue weighted by Gasteiger charge is -2.31. The molecule has 7 nitrogen and oxygen atoms in total. The van der Waals surface area contributed by atoms with Gasteiger partial charge in [-0.1, -0.05) is 63.4 Å². The smallest absolute Gasteiger partial charge is 0.408 e. The van der Waals surface area contributed by atoms with E-state index in [2.05, 4.69) is 10.6 Å². The lowest BCUT2D eigenvalue weighted by Crippen LogP contribution is -2.56. The second-order valence-corrected chi connectivity index (χ2v) is 7.84. The fraction of sp³-hybridized carbons (Fsp3) is 0.591. The van der Waals surface area contributed by atoms with Crippen molar-refractivity contribution in [1.29, 1.82) is 0 Å². The molecule has 2 rings (SSSR count). The summed E-state index contributed by atoms with van der Waals surface area (Å²) in [4.78, 5) is 37.4. The predicted molar refractivity (Wildman–Crippen MR) is 109 cm³/mol. The van der Waals surface area contributed by atoms with Crippen molar-refractivity contribution in [2.24, 2.45) is 11.8 Å². The molecule has 2 N–H and O–H groups in total. The minimum atomic E-state index is -0.811. The van der Waals surface area contributed by atoms with Crippen LogP contribution in [0.3, 0.4) is 0 Å². The molecule has 160 valence electrons. The van der Waals surface area contributed by atoms with E-state index in [9.17, 15) is 14.4 Å². The van der Waals surface area contributed by atoms with E-state index in [1.807, 2.05) is 44.2 Å². The van der Waals surface area contributed by atoms with Gasteiger partial charge in [-0.25, -0.2) is 9.59 Å². The van der Waals surface area contributed by atoms with Crippen LogP contribution in [-0.4, -0.2) is 37.2 Å². The highest BCUT2D eigenvalue weighted by molar-refractivity contribution is 5.90. The summed E-state index contributed by atoms with van der Waals surface area (Å²) in [5.41, 5.74) is 0.858. The van der Waals surface area contributed by atoms with Crippen LogP contribution in [0.4, 0.5) is 4.79 Å². The van der Waals surface area contributed by atoms with Crippen LogP contribution in [0.25, 0.3) is 0 Å². The summed E-state index contributed by atoms with van der Waals surface area (Å²) in [6, 6.07) is 7.80. The van der Waals surface area contributed by atoms with Gasteiger partial charge in [-0.3, -0.25) is 4.79 Å². The Kier molecular flexibility index (Phi) is 8.96. The minimum Gasteiger partial charge on any atom is -0.467 e. The van der Waals surface area contributed by atoms with Crippen molar-refractivity contribution in [2.45, 2.75) is 64.6 Å². The van der Waals surface area contributed by atoms with Crippen LogP contribution in [0.15, 0.2) is 30.3 Å². The van der Waals surface area contributed by atoms with Crippen molar-refractivity contribution >= 4 is 18.0 Å².